The second-order valence-electron chi connectivity index (χ2n) is 7.98. The van der Waals surface area contributed by atoms with Crippen molar-refractivity contribution in [3.05, 3.63) is 64.7 Å². The molecule has 0 aliphatic carbocycles. The minimum absolute atomic E-state index is 0.0830. The van der Waals surface area contributed by atoms with Gasteiger partial charge in [-0.15, -0.1) is 0 Å². The van der Waals surface area contributed by atoms with Gasteiger partial charge in [0.25, 0.3) is 5.91 Å². The maximum Gasteiger partial charge on any atom is 0.251 e. The molecule has 168 valence electrons. The molecule has 7 nitrogen and oxygen atoms in total. The number of hydrogen-bond acceptors (Lipinski definition) is 5. The molecular formula is C23H31N3O4S. The Labute approximate surface area is 184 Å². The van der Waals surface area contributed by atoms with Crippen LogP contribution in [0.5, 0.6) is 0 Å². The largest absolute Gasteiger partial charge is 0.393 e. The summed E-state index contributed by atoms with van der Waals surface area (Å²) in [5.74, 6) is -0.304. The summed E-state index contributed by atoms with van der Waals surface area (Å²) in [4.78, 5) is 15.1. The van der Waals surface area contributed by atoms with Crippen molar-refractivity contribution in [2.24, 2.45) is 0 Å². The van der Waals surface area contributed by atoms with Gasteiger partial charge in [0.15, 0.2) is 0 Å². The van der Waals surface area contributed by atoms with E-state index < -0.39 is 10.0 Å². The Balaban J connectivity index is 1.59. The Morgan fingerprint density at radius 3 is 2.39 bits per heavy atom. The van der Waals surface area contributed by atoms with Gasteiger partial charge in [-0.25, -0.2) is 13.1 Å². The zero-order chi connectivity index (χ0) is 22.4. The first-order valence-electron chi connectivity index (χ1n) is 10.6. The molecule has 0 saturated carbocycles. The van der Waals surface area contributed by atoms with Crippen LogP contribution in [0, 0.1) is 6.92 Å². The highest BCUT2D eigenvalue weighted by Crippen LogP contribution is 2.17. The minimum Gasteiger partial charge on any atom is -0.393 e. The average Bonchev–Trinajstić information content (AvgIpc) is 2.75. The van der Waals surface area contributed by atoms with Crippen molar-refractivity contribution < 1.29 is 18.3 Å². The van der Waals surface area contributed by atoms with Gasteiger partial charge in [-0.2, -0.15) is 0 Å². The number of benzene rings is 2. The summed E-state index contributed by atoms with van der Waals surface area (Å²) in [5.41, 5.74) is 3.24. The predicted octanol–water partition coefficient (Wildman–Crippen LogP) is 2.18. The number of hydrogen-bond donors (Lipinski definition) is 3. The van der Waals surface area contributed by atoms with E-state index in [9.17, 15) is 18.3 Å². The topological polar surface area (TPSA) is 98.7 Å². The highest BCUT2D eigenvalue weighted by molar-refractivity contribution is 7.89. The van der Waals surface area contributed by atoms with E-state index in [4.69, 9.17) is 0 Å². The van der Waals surface area contributed by atoms with Crippen LogP contribution in [0.2, 0.25) is 0 Å². The number of sulfonamides is 1. The van der Waals surface area contributed by atoms with E-state index in [-0.39, 0.29) is 23.5 Å². The van der Waals surface area contributed by atoms with Gasteiger partial charge in [0, 0.05) is 38.3 Å². The van der Waals surface area contributed by atoms with Gasteiger partial charge in [-0.3, -0.25) is 9.69 Å². The molecule has 3 N–H and O–H groups in total. The van der Waals surface area contributed by atoms with Gasteiger partial charge >= 0.3 is 0 Å². The molecule has 0 radical (unpaired) electrons. The molecule has 3 rings (SSSR count). The van der Waals surface area contributed by atoms with E-state index in [2.05, 4.69) is 27.1 Å². The van der Waals surface area contributed by atoms with E-state index in [0.29, 0.717) is 12.1 Å². The van der Waals surface area contributed by atoms with Crippen molar-refractivity contribution in [3.8, 4) is 0 Å². The molecule has 0 bridgehead atoms. The quantitative estimate of drug-likeness (QED) is 0.579. The number of carbonyl (C=O) groups is 1. The average molecular weight is 446 g/mol. The number of likely N-dealkylation sites (tertiary alicyclic amines) is 1. The van der Waals surface area contributed by atoms with Crippen molar-refractivity contribution in [3.63, 3.8) is 0 Å². The monoisotopic (exact) mass is 445 g/mol. The number of amides is 1. The van der Waals surface area contributed by atoms with Crippen molar-refractivity contribution in [1.29, 1.82) is 0 Å². The first kappa shape index (κ1) is 23.4. The lowest BCUT2D eigenvalue weighted by atomic mass is 10.1. The summed E-state index contributed by atoms with van der Waals surface area (Å²) in [7, 11) is -3.62. The van der Waals surface area contributed by atoms with E-state index in [0.717, 1.165) is 43.6 Å². The minimum atomic E-state index is -3.62. The molecule has 1 amide bonds. The number of aliphatic hydroxyl groups is 1. The lowest BCUT2D eigenvalue weighted by molar-refractivity contribution is 0.0792. The molecule has 0 aromatic heterocycles. The Kier molecular flexibility index (Phi) is 7.83. The van der Waals surface area contributed by atoms with E-state index in [1.807, 2.05) is 12.1 Å². The standard InChI is InChI=1S/C23H31N3O4S/c1-3-25-31(29,30)21-9-4-17(2)22(14-21)23(28)24-15-18-5-7-19(8-6-18)16-26-12-10-20(27)11-13-26/h4-9,14,20,25,27H,3,10-13,15-16H2,1-2H3,(H,24,28). The van der Waals surface area contributed by atoms with E-state index in [1.54, 1.807) is 19.9 Å². The summed E-state index contributed by atoms with van der Waals surface area (Å²) < 4.78 is 26.9. The molecule has 0 spiro atoms. The lowest BCUT2D eigenvalue weighted by Gasteiger charge is -2.29. The number of piperidine rings is 1. The predicted molar refractivity (Wildman–Crippen MR) is 120 cm³/mol. The van der Waals surface area contributed by atoms with Gasteiger partial charge in [0.2, 0.25) is 10.0 Å². The van der Waals surface area contributed by atoms with Gasteiger partial charge < -0.3 is 10.4 Å². The number of aryl methyl sites for hydroxylation is 1. The highest BCUT2D eigenvalue weighted by Gasteiger charge is 2.18. The second-order valence-corrected chi connectivity index (χ2v) is 9.75. The molecule has 2 aromatic rings. The third-order valence-corrected chi connectivity index (χ3v) is 7.08. The Hall–Kier alpha value is -2.26. The maximum absolute atomic E-state index is 12.7. The number of carbonyl (C=O) groups excluding carboxylic acids is 1. The number of aliphatic hydroxyl groups excluding tert-OH is 1. The third-order valence-electron chi connectivity index (χ3n) is 5.54. The van der Waals surface area contributed by atoms with Crippen LogP contribution in [0.4, 0.5) is 0 Å². The Morgan fingerprint density at radius 1 is 1.10 bits per heavy atom. The number of nitrogens with one attached hydrogen (secondary N) is 2. The molecular weight excluding hydrogens is 414 g/mol. The smallest absolute Gasteiger partial charge is 0.251 e. The SMILES string of the molecule is CCNS(=O)(=O)c1ccc(C)c(C(=O)NCc2ccc(CN3CCC(O)CC3)cc2)c1. The molecule has 31 heavy (non-hydrogen) atoms. The van der Waals surface area contributed by atoms with Gasteiger partial charge in [-0.1, -0.05) is 37.3 Å². The van der Waals surface area contributed by atoms with Crippen LogP contribution in [-0.4, -0.2) is 50.1 Å². The fourth-order valence-electron chi connectivity index (χ4n) is 3.66. The van der Waals surface area contributed by atoms with E-state index >= 15 is 0 Å². The molecule has 1 saturated heterocycles. The summed E-state index contributed by atoms with van der Waals surface area (Å²) in [6.07, 6.45) is 1.47. The zero-order valence-electron chi connectivity index (χ0n) is 18.1. The van der Waals surface area contributed by atoms with Crippen LogP contribution in [0.1, 0.15) is 46.8 Å². The number of nitrogens with zero attached hydrogens (tertiary/aromatic N) is 1. The van der Waals surface area contributed by atoms with Gasteiger partial charge in [0.05, 0.1) is 11.0 Å². The van der Waals surface area contributed by atoms with Crippen molar-refractivity contribution in [1.82, 2.24) is 14.9 Å². The second kappa shape index (κ2) is 10.4. The van der Waals surface area contributed by atoms with Gasteiger partial charge in [0.1, 0.15) is 0 Å². The molecule has 0 unspecified atom stereocenters. The van der Waals surface area contributed by atoms with Crippen LogP contribution in [0.25, 0.3) is 0 Å². The molecule has 2 aromatic carbocycles. The third kappa shape index (κ3) is 6.36. The summed E-state index contributed by atoms with van der Waals surface area (Å²) >= 11 is 0. The molecule has 1 aliphatic rings. The fraction of sp³-hybridized carbons (Fsp3) is 0.435. The normalized spacial score (nSPS) is 15.7. The number of rotatable bonds is 8. The van der Waals surface area contributed by atoms with Crippen LogP contribution in [0.3, 0.4) is 0 Å². The van der Waals surface area contributed by atoms with Gasteiger partial charge in [-0.05, 0) is 48.6 Å². The fourth-order valence-corrected chi connectivity index (χ4v) is 4.73. The maximum atomic E-state index is 12.7. The van der Waals surface area contributed by atoms with Crippen LogP contribution >= 0.6 is 0 Å². The summed E-state index contributed by atoms with van der Waals surface area (Å²) in [6.45, 7) is 6.80. The van der Waals surface area contributed by atoms with Crippen LogP contribution in [-0.2, 0) is 23.1 Å². The lowest BCUT2D eigenvalue weighted by Crippen LogP contribution is -2.35. The Morgan fingerprint density at radius 2 is 1.74 bits per heavy atom. The van der Waals surface area contributed by atoms with Crippen LogP contribution in [0.15, 0.2) is 47.4 Å². The molecule has 1 aliphatic heterocycles. The van der Waals surface area contributed by atoms with Crippen LogP contribution < -0.4 is 10.0 Å². The molecule has 1 heterocycles. The molecule has 1 fully saturated rings. The highest BCUT2D eigenvalue weighted by atomic mass is 32.2. The summed E-state index contributed by atoms with van der Waals surface area (Å²) in [6, 6.07) is 12.7. The molecule has 8 heteroatoms. The first-order valence-corrected chi connectivity index (χ1v) is 12.1. The zero-order valence-corrected chi connectivity index (χ0v) is 18.9. The van der Waals surface area contributed by atoms with Crippen molar-refractivity contribution in [2.45, 2.75) is 50.8 Å². The summed E-state index contributed by atoms with van der Waals surface area (Å²) in [5, 5.41) is 12.5. The van der Waals surface area contributed by atoms with Crippen molar-refractivity contribution >= 4 is 15.9 Å². The first-order chi connectivity index (χ1) is 14.8. The Bertz CT molecular complexity index is 998. The van der Waals surface area contributed by atoms with Crippen molar-refractivity contribution in [2.75, 3.05) is 19.6 Å². The van der Waals surface area contributed by atoms with E-state index in [1.165, 1.54) is 17.7 Å². The molecule has 0 atom stereocenters.